The molecule has 1 spiro atoms. The van der Waals surface area contributed by atoms with Crippen molar-refractivity contribution in [3.8, 4) is 5.75 Å². The van der Waals surface area contributed by atoms with Crippen molar-refractivity contribution in [2.75, 3.05) is 33.3 Å². The normalized spacial score (nSPS) is 18.6. The highest BCUT2D eigenvalue weighted by atomic mass is 35.5. The molecule has 7 heteroatoms. The molecule has 2 fully saturated rings. The van der Waals surface area contributed by atoms with E-state index >= 15 is 0 Å². The molecule has 2 aliphatic heterocycles. The molecule has 1 N–H and O–H groups in total. The van der Waals surface area contributed by atoms with Crippen molar-refractivity contribution >= 4 is 23.4 Å². The van der Waals surface area contributed by atoms with Gasteiger partial charge in [-0.25, -0.2) is 0 Å². The van der Waals surface area contributed by atoms with Crippen LogP contribution in [-0.2, 0) is 16.1 Å². The number of methoxy groups -OCH3 is 1. The average molecular weight is 512 g/mol. The third-order valence-corrected chi connectivity index (χ3v) is 8.15. The Balaban J connectivity index is 1.32. The van der Waals surface area contributed by atoms with E-state index in [1.54, 1.807) is 7.11 Å². The third-order valence-electron chi connectivity index (χ3n) is 7.80. The Bertz CT molecular complexity index is 1050. The lowest BCUT2D eigenvalue weighted by Crippen LogP contribution is -2.45. The van der Waals surface area contributed by atoms with Crippen LogP contribution in [0.15, 0.2) is 48.5 Å². The van der Waals surface area contributed by atoms with Crippen LogP contribution in [0.25, 0.3) is 0 Å². The maximum atomic E-state index is 13.4. The van der Waals surface area contributed by atoms with Crippen LogP contribution < -0.4 is 10.1 Å². The first kappa shape index (κ1) is 26.5. The van der Waals surface area contributed by atoms with Crippen LogP contribution in [-0.4, -0.2) is 54.9 Å². The van der Waals surface area contributed by atoms with Crippen molar-refractivity contribution < 1.29 is 14.3 Å². The van der Waals surface area contributed by atoms with E-state index in [-0.39, 0.29) is 23.3 Å². The molecule has 6 nitrogen and oxygen atoms in total. The molecule has 4 rings (SSSR count). The van der Waals surface area contributed by atoms with Crippen LogP contribution in [0.4, 0.5) is 0 Å². The maximum absolute atomic E-state index is 13.4. The van der Waals surface area contributed by atoms with E-state index in [4.69, 9.17) is 16.3 Å². The molecule has 2 aromatic rings. The van der Waals surface area contributed by atoms with Gasteiger partial charge in [0.2, 0.25) is 11.8 Å². The van der Waals surface area contributed by atoms with Gasteiger partial charge in [-0.05, 0) is 68.1 Å². The fraction of sp³-hybridized carbons (Fsp3) is 0.517. The van der Waals surface area contributed by atoms with Crippen LogP contribution in [0.2, 0.25) is 5.02 Å². The van der Waals surface area contributed by atoms with Crippen molar-refractivity contribution in [3.63, 3.8) is 0 Å². The molecule has 0 bridgehead atoms. The highest BCUT2D eigenvalue weighted by Crippen LogP contribution is 2.42. The Hall–Kier alpha value is -2.57. The predicted molar refractivity (Wildman–Crippen MR) is 143 cm³/mol. The van der Waals surface area contributed by atoms with Crippen molar-refractivity contribution in [3.05, 3.63) is 64.7 Å². The number of hydrogen-bond donors (Lipinski definition) is 1. The summed E-state index contributed by atoms with van der Waals surface area (Å²) < 4.78 is 5.24. The van der Waals surface area contributed by atoms with Gasteiger partial charge in [-0.1, -0.05) is 55.8 Å². The average Bonchev–Trinajstić information content (AvgIpc) is 3.18. The molecule has 0 aromatic heterocycles. The Labute approximate surface area is 219 Å². The maximum Gasteiger partial charge on any atom is 0.229 e. The lowest BCUT2D eigenvalue weighted by Gasteiger charge is -2.38. The standard InChI is InChI=1S/C29H38ClN3O3/c1-21(2)27(34)31-26(24-6-4-5-7-25(24)30)12-16-32-17-13-29(14-18-32)15-19-33(28(29)35)20-22-8-10-23(36-3)11-9-22/h4-11,21,26H,12-20H2,1-3H3,(H,31,34). The van der Waals surface area contributed by atoms with Gasteiger partial charge in [-0.15, -0.1) is 0 Å². The number of rotatable bonds is 9. The van der Waals surface area contributed by atoms with E-state index in [2.05, 4.69) is 10.2 Å². The van der Waals surface area contributed by atoms with Gasteiger partial charge in [0.1, 0.15) is 5.75 Å². The highest BCUT2D eigenvalue weighted by Gasteiger charge is 2.47. The van der Waals surface area contributed by atoms with Crippen LogP contribution in [0, 0.1) is 11.3 Å². The molecule has 1 unspecified atom stereocenters. The number of benzene rings is 2. The van der Waals surface area contributed by atoms with E-state index < -0.39 is 0 Å². The van der Waals surface area contributed by atoms with Gasteiger partial charge < -0.3 is 19.9 Å². The zero-order valence-electron chi connectivity index (χ0n) is 21.6. The number of likely N-dealkylation sites (tertiary alicyclic amines) is 2. The lowest BCUT2D eigenvalue weighted by molar-refractivity contribution is -0.139. The largest absolute Gasteiger partial charge is 0.497 e. The highest BCUT2D eigenvalue weighted by molar-refractivity contribution is 6.31. The fourth-order valence-corrected chi connectivity index (χ4v) is 5.64. The summed E-state index contributed by atoms with van der Waals surface area (Å²) in [6.07, 6.45) is 3.50. The van der Waals surface area contributed by atoms with Gasteiger partial charge in [0.15, 0.2) is 0 Å². The molecule has 2 heterocycles. The second-order valence-corrected chi connectivity index (χ2v) is 10.9. The number of nitrogens with zero attached hydrogens (tertiary/aromatic N) is 2. The van der Waals surface area contributed by atoms with E-state index in [9.17, 15) is 9.59 Å². The summed E-state index contributed by atoms with van der Waals surface area (Å²) in [6.45, 7) is 7.93. The Morgan fingerprint density at radius 1 is 1.06 bits per heavy atom. The summed E-state index contributed by atoms with van der Waals surface area (Å²) in [4.78, 5) is 30.3. The van der Waals surface area contributed by atoms with Crippen LogP contribution in [0.3, 0.4) is 0 Å². The second kappa shape index (κ2) is 11.7. The molecule has 2 amide bonds. The van der Waals surface area contributed by atoms with Gasteiger partial charge in [-0.3, -0.25) is 9.59 Å². The van der Waals surface area contributed by atoms with E-state index in [0.717, 1.165) is 68.7 Å². The Morgan fingerprint density at radius 3 is 2.36 bits per heavy atom. The molecule has 2 saturated heterocycles. The van der Waals surface area contributed by atoms with Crippen molar-refractivity contribution in [2.45, 2.75) is 52.1 Å². The molecule has 2 aliphatic rings. The molecule has 0 saturated carbocycles. The Morgan fingerprint density at radius 2 is 1.72 bits per heavy atom. The van der Waals surface area contributed by atoms with Crippen molar-refractivity contribution in [2.24, 2.45) is 11.3 Å². The van der Waals surface area contributed by atoms with E-state index in [1.807, 2.05) is 67.3 Å². The molecule has 194 valence electrons. The minimum atomic E-state index is -0.225. The number of carbonyl (C=O) groups is 2. The number of carbonyl (C=O) groups excluding carboxylic acids is 2. The number of hydrogen-bond acceptors (Lipinski definition) is 4. The molecular weight excluding hydrogens is 474 g/mol. The van der Waals surface area contributed by atoms with Crippen LogP contribution in [0.1, 0.15) is 56.7 Å². The summed E-state index contributed by atoms with van der Waals surface area (Å²) >= 11 is 6.48. The minimum Gasteiger partial charge on any atom is -0.497 e. The number of amides is 2. The lowest BCUT2D eigenvalue weighted by atomic mass is 9.77. The van der Waals surface area contributed by atoms with Crippen LogP contribution >= 0.6 is 11.6 Å². The molecule has 1 atom stereocenters. The fourth-order valence-electron chi connectivity index (χ4n) is 5.38. The third kappa shape index (κ3) is 6.04. The summed E-state index contributed by atoms with van der Waals surface area (Å²) in [6, 6.07) is 15.6. The smallest absolute Gasteiger partial charge is 0.229 e. The Kier molecular flexibility index (Phi) is 8.58. The van der Waals surface area contributed by atoms with Gasteiger partial charge in [0.05, 0.1) is 18.6 Å². The molecular formula is C29H38ClN3O3. The summed E-state index contributed by atoms with van der Waals surface area (Å²) in [5, 5.41) is 3.86. The summed E-state index contributed by atoms with van der Waals surface area (Å²) in [7, 11) is 1.66. The van der Waals surface area contributed by atoms with E-state index in [0.29, 0.717) is 17.5 Å². The summed E-state index contributed by atoms with van der Waals surface area (Å²) in [5.41, 5.74) is 1.87. The first-order valence-corrected chi connectivity index (χ1v) is 13.4. The number of piperidine rings is 1. The molecule has 0 aliphatic carbocycles. The number of halogens is 1. The topological polar surface area (TPSA) is 61.9 Å². The minimum absolute atomic E-state index is 0.0334. The van der Waals surface area contributed by atoms with Gasteiger partial charge in [0, 0.05) is 30.6 Å². The second-order valence-electron chi connectivity index (χ2n) is 10.5. The zero-order valence-corrected chi connectivity index (χ0v) is 22.4. The first-order chi connectivity index (χ1) is 17.3. The molecule has 36 heavy (non-hydrogen) atoms. The van der Waals surface area contributed by atoms with Gasteiger partial charge >= 0.3 is 0 Å². The quantitative estimate of drug-likeness (QED) is 0.510. The summed E-state index contributed by atoms with van der Waals surface area (Å²) in [5.74, 6) is 1.08. The number of nitrogens with one attached hydrogen (secondary N) is 1. The zero-order chi connectivity index (χ0) is 25.7. The van der Waals surface area contributed by atoms with Crippen molar-refractivity contribution in [1.29, 1.82) is 0 Å². The predicted octanol–water partition coefficient (Wildman–Crippen LogP) is 5.07. The van der Waals surface area contributed by atoms with Gasteiger partial charge in [0.25, 0.3) is 0 Å². The van der Waals surface area contributed by atoms with Crippen LogP contribution in [0.5, 0.6) is 5.75 Å². The van der Waals surface area contributed by atoms with E-state index in [1.165, 1.54) is 0 Å². The molecule has 0 radical (unpaired) electrons. The monoisotopic (exact) mass is 511 g/mol. The number of ether oxygens (including phenoxy) is 1. The van der Waals surface area contributed by atoms with Crippen molar-refractivity contribution in [1.82, 2.24) is 15.1 Å². The first-order valence-electron chi connectivity index (χ1n) is 13.0. The van der Waals surface area contributed by atoms with Gasteiger partial charge in [-0.2, -0.15) is 0 Å². The SMILES string of the molecule is COc1ccc(CN2CCC3(CCN(CCC(NC(=O)C(C)C)c4ccccc4Cl)CC3)C2=O)cc1. The molecule has 2 aromatic carbocycles.